The minimum Gasteiger partial charge on any atom is -0.489 e. The van der Waals surface area contributed by atoms with Gasteiger partial charge in [0.1, 0.15) is 12.4 Å². The summed E-state index contributed by atoms with van der Waals surface area (Å²) in [5.74, 6) is 0.809. The van der Waals surface area contributed by atoms with Crippen LogP contribution in [0.2, 0.25) is 5.02 Å². The van der Waals surface area contributed by atoms with Gasteiger partial charge >= 0.3 is 0 Å². The van der Waals surface area contributed by atoms with Crippen molar-refractivity contribution in [2.45, 2.75) is 13.0 Å². The van der Waals surface area contributed by atoms with Crippen molar-refractivity contribution in [2.24, 2.45) is 0 Å². The average molecular weight is 388 g/mol. The highest BCUT2D eigenvalue weighted by Crippen LogP contribution is 2.18. The number of piperazine rings is 1. The summed E-state index contributed by atoms with van der Waals surface area (Å²) in [4.78, 5) is 16.8. The Morgan fingerprint density at radius 3 is 2.37 bits per heavy atom. The Labute approximate surface area is 165 Å². The number of hydrogen-bond acceptors (Lipinski definition) is 4. The molecule has 0 aliphatic carbocycles. The highest BCUT2D eigenvalue weighted by atomic mass is 35.5. The number of nitrogens with zero attached hydrogens (tertiary/aromatic N) is 2. The van der Waals surface area contributed by atoms with E-state index < -0.39 is 0 Å². The number of amides is 1. The molecule has 1 fully saturated rings. The Hall–Kier alpha value is -2.08. The van der Waals surface area contributed by atoms with Crippen LogP contribution in [0.3, 0.4) is 0 Å². The molecule has 0 spiro atoms. The predicted molar refractivity (Wildman–Crippen MR) is 109 cm³/mol. The van der Waals surface area contributed by atoms with Gasteiger partial charge in [-0.05, 0) is 49.0 Å². The maximum absolute atomic E-state index is 12.2. The number of halogens is 1. The van der Waals surface area contributed by atoms with E-state index in [4.69, 9.17) is 16.3 Å². The maximum atomic E-state index is 12.2. The molecule has 1 heterocycles. The summed E-state index contributed by atoms with van der Waals surface area (Å²) >= 11 is 5.88. The number of hydrogen-bond donors (Lipinski definition) is 1. The molecule has 0 saturated carbocycles. The van der Waals surface area contributed by atoms with Crippen molar-refractivity contribution >= 4 is 23.2 Å². The molecule has 2 aromatic rings. The Morgan fingerprint density at radius 2 is 1.70 bits per heavy atom. The first-order chi connectivity index (χ1) is 13.1. The minimum absolute atomic E-state index is 0.0451. The molecule has 1 saturated heterocycles. The largest absolute Gasteiger partial charge is 0.489 e. The summed E-state index contributed by atoms with van der Waals surface area (Å²) in [5.41, 5.74) is 1.85. The van der Waals surface area contributed by atoms with Crippen LogP contribution in [-0.4, -0.2) is 55.5 Å². The first kappa shape index (κ1) is 19.7. The van der Waals surface area contributed by atoms with E-state index in [1.165, 1.54) is 0 Å². The number of carbonyl (C=O) groups is 1. The smallest absolute Gasteiger partial charge is 0.225 e. The fraction of sp³-hybridized carbons (Fsp3) is 0.381. The second kappa shape index (κ2) is 9.74. The number of carbonyl (C=O) groups excluding carboxylic acids is 1. The second-order valence-corrected chi connectivity index (χ2v) is 7.32. The Balaban J connectivity index is 1.40. The molecule has 0 radical (unpaired) electrons. The zero-order valence-corrected chi connectivity index (χ0v) is 16.4. The highest BCUT2D eigenvalue weighted by molar-refractivity contribution is 6.30. The number of likely N-dealkylation sites (N-methyl/N-ethyl adjacent to an activating group) is 1. The van der Waals surface area contributed by atoms with Crippen LogP contribution in [0.5, 0.6) is 5.75 Å². The van der Waals surface area contributed by atoms with Gasteiger partial charge in [0.2, 0.25) is 5.91 Å². The lowest BCUT2D eigenvalue weighted by atomic mass is 10.2. The minimum atomic E-state index is 0.0451. The molecule has 1 aliphatic heterocycles. The predicted octanol–water partition coefficient (Wildman–Crippen LogP) is 3.50. The second-order valence-electron chi connectivity index (χ2n) is 6.88. The van der Waals surface area contributed by atoms with Gasteiger partial charge in [-0.1, -0.05) is 23.7 Å². The topological polar surface area (TPSA) is 44.8 Å². The summed E-state index contributed by atoms with van der Waals surface area (Å²) in [6, 6.07) is 15.0. The lowest BCUT2D eigenvalue weighted by molar-refractivity contribution is -0.116. The van der Waals surface area contributed by atoms with E-state index in [-0.39, 0.29) is 5.91 Å². The van der Waals surface area contributed by atoms with E-state index in [1.807, 2.05) is 48.5 Å². The fourth-order valence-corrected chi connectivity index (χ4v) is 3.06. The van der Waals surface area contributed by atoms with Gasteiger partial charge in [0.15, 0.2) is 0 Å². The van der Waals surface area contributed by atoms with Crippen molar-refractivity contribution in [1.29, 1.82) is 0 Å². The number of anilines is 1. The molecule has 1 aliphatic rings. The van der Waals surface area contributed by atoms with Gasteiger partial charge in [-0.3, -0.25) is 4.79 Å². The van der Waals surface area contributed by atoms with Crippen LogP contribution >= 0.6 is 11.6 Å². The van der Waals surface area contributed by atoms with Crippen LogP contribution in [0.25, 0.3) is 0 Å². The Morgan fingerprint density at radius 1 is 1.04 bits per heavy atom. The third-order valence-electron chi connectivity index (χ3n) is 4.71. The molecule has 0 bridgehead atoms. The highest BCUT2D eigenvalue weighted by Gasteiger charge is 2.14. The van der Waals surface area contributed by atoms with Crippen molar-refractivity contribution in [3.05, 3.63) is 59.1 Å². The molecule has 0 aromatic heterocycles. The first-order valence-electron chi connectivity index (χ1n) is 9.26. The summed E-state index contributed by atoms with van der Waals surface area (Å²) in [5, 5.41) is 3.67. The van der Waals surface area contributed by atoms with Crippen LogP contribution in [-0.2, 0) is 11.4 Å². The Bertz CT molecular complexity index is 726. The van der Waals surface area contributed by atoms with Crippen molar-refractivity contribution in [3.8, 4) is 5.75 Å². The van der Waals surface area contributed by atoms with E-state index >= 15 is 0 Å². The third kappa shape index (κ3) is 6.54. The summed E-state index contributed by atoms with van der Waals surface area (Å²) in [6.45, 7) is 5.49. The summed E-state index contributed by atoms with van der Waals surface area (Å²) < 4.78 is 5.76. The van der Waals surface area contributed by atoms with E-state index in [1.54, 1.807) is 0 Å². The van der Waals surface area contributed by atoms with Gasteiger partial charge < -0.3 is 19.9 Å². The molecular formula is C21H26ClN3O2. The zero-order chi connectivity index (χ0) is 19.1. The standard InChI is InChI=1S/C21H26ClN3O2/c1-24-12-14-25(15-13-24)11-10-21(26)23-19-6-8-20(9-7-19)27-16-17-2-4-18(22)5-3-17/h2-9H,10-16H2,1H3,(H,23,26). The molecular weight excluding hydrogens is 362 g/mol. The third-order valence-corrected chi connectivity index (χ3v) is 4.96. The number of rotatable bonds is 7. The van der Waals surface area contributed by atoms with Crippen LogP contribution < -0.4 is 10.1 Å². The average Bonchev–Trinajstić information content (AvgIpc) is 2.68. The Kier molecular flexibility index (Phi) is 7.10. The molecule has 2 aromatic carbocycles. The maximum Gasteiger partial charge on any atom is 0.225 e. The van der Waals surface area contributed by atoms with Crippen molar-refractivity contribution in [1.82, 2.24) is 9.80 Å². The van der Waals surface area contributed by atoms with Crippen LogP contribution in [0.4, 0.5) is 5.69 Å². The SMILES string of the molecule is CN1CCN(CCC(=O)Nc2ccc(OCc3ccc(Cl)cc3)cc2)CC1. The molecule has 0 atom stereocenters. The van der Waals surface area contributed by atoms with Gasteiger partial charge in [0.25, 0.3) is 0 Å². The number of ether oxygens (including phenoxy) is 1. The van der Waals surface area contributed by atoms with Crippen LogP contribution in [0.15, 0.2) is 48.5 Å². The van der Waals surface area contributed by atoms with E-state index in [0.717, 1.165) is 49.7 Å². The lowest BCUT2D eigenvalue weighted by Crippen LogP contribution is -2.45. The van der Waals surface area contributed by atoms with Gasteiger partial charge in [-0.25, -0.2) is 0 Å². The molecule has 0 unspecified atom stereocenters. The zero-order valence-electron chi connectivity index (χ0n) is 15.7. The van der Waals surface area contributed by atoms with E-state index in [2.05, 4.69) is 22.2 Å². The molecule has 144 valence electrons. The van der Waals surface area contributed by atoms with Gasteiger partial charge in [0, 0.05) is 49.9 Å². The van der Waals surface area contributed by atoms with Gasteiger partial charge in [-0.2, -0.15) is 0 Å². The molecule has 5 nitrogen and oxygen atoms in total. The molecule has 3 rings (SSSR count). The monoisotopic (exact) mass is 387 g/mol. The summed E-state index contributed by atoms with van der Waals surface area (Å²) in [6.07, 6.45) is 0.512. The van der Waals surface area contributed by atoms with Gasteiger partial charge in [-0.15, -0.1) is 0 Å². The lowest BCUT2D eigenvalue weighted by Gasteiger charge is -2.32. The van der Waals surface area contributed by atoms with E-state index in [9.17, 15) is 4.79 Å². The van der Waals surface area contributed by atoms with Crippen molar-refractivity contribution < 1.29 is 9.53 Å². The molecule has 6 heteroatoms. The van der Waals surface area contributed by atoms with Crippen LogP contribution in [0, 0.1) is 0 Å². The quantitative estimate of drug-likeness (QED) is 0.789. The molecule has 1 N–H and O–H groups in total. The normalized spacial score (nSPS) is 15.5. The molecule has 1 amide bonds. The van der Waals surface area contributed by atoms with Crippen LogP contribution in [0.1, 0.15) is 12.0 Å². The van der Waals surface area contributed by atoms with Gasteiger partial charge in [0.05, 0.1) is 0 Å². The summed E-state index contributed by atoms with van der Waals surface area (Å²) in [7, 11) is 2.13. The first-order valence-corrected chi connectivity index (χ1v) is 9.64. The van der Waals surface area contributed by atoms with Crippen molar-refractivity contribution in [2.75, 3.05) is 45.1 Å². The van der Waals surface area contributed by atoms with Crippen molar-refractivity contribution in [3.63, 3.8) is 0 Å². The molecule has 27 heavy (non-hydrogen) atoms. The fourth-order valence-electron chi connectivity index (χ4n) is 2.94. The number of nitrogens with one attached hydrogen (secondary N) is 1. The van der Waals surface area contributed by atoms with E-state index in [0.29, 0.717) is 18.1 Å². The number of benzene rings is 2.